The molecule has 1 aromatic carbocycles. The zero-order chi connectivity index (χ0) is 12.5. The summed E-state index contributed by atoms with van der Waals surface area (Å²) in [5.74, 6) is 3.77. The molecule has 2 nitrogen and oxygen atoms in total. The van der Waals surface area contributed by atoms with Crippen molar-refractivity contribution in [1.82, 2.24) is 5.32 Å². The number of hydrogen-bond acceptors (Lipinski definition) is 2. The second kappa shape index (κ2) is 4.93. The smallest absolute Gasteiger partial charge is 0.123 e. The summed E-state index contributed by atoms with van der Waals surface area (Å²) in [7, 11) is 3.85. The van der Waals surface area contributed by atoms with E-state index < -0.39 is 0 Å². The quantitative estimate of drug-likeness (QED) is 0.878. The van der Waals surface area contributed by atoms with Crippen LogP contribution in [0.4, 0.5) is 0 Å². The Morgan fingerprint density at radius 1 is 1.17 bits per heavy atom. The maximum absolute atomic E-state index is 5.52. The van der Waals surface area contributed by atoms with E-state index in [1.807, 2.05) is 0 Å². The minimum Gasteiger partial charge on any atom is -0.496 e. The molecule has 0 bridgehead atoms. The number of hydrogen-bond donors (Lipinski definition) is 1. The molecule has 0 aromatic heterocycles. The average Bonchev–Trinajstić information content (AvgIpc) is 3.15. The molecule has 1 N–H and O–H groups in total. The van der Waals surface area contributed by atoms with Gasteiger partial charge in [-0.05, 0) is 43.7 Å². The Morgan fingerprint density at radius 2 is 1.83 bits per heavy atom. The van der Waals surface area contributed by atoms with Crippen molar-refractivity contribution in [3.63, 3.8) is 0 Å². The standard InChI is InChI=1S/C16H23NO/c1-17-16(13-9-5-6-10-14(13)18-2)15-11-7-3-4-8-12(11)15/h5-6,9-12,15-17H,3-4,7-8H2,1-2H3. The third-order valence-electron chi connectivity index (χ3n) is 4.89. The highest BCUT2D eigenvalue weighted by molar-refractivity contribution is 5.37. The number of fused-ring (bicyclic) bond motifs is 1. The fraction of sp³-hybridized carbons (Fsp3) is 0.625. The van der Waals surface area contributed by atoms with Crippen LogP contribution in [0, 0.1) is 17.8 Å². The highest BCUT2D eigenvalue weighted by Crippen LogP contribution is 2.60. The summed E-state index contributed by atoms with van der Waals surface area (Å²) in [5, 5.41) is 3.53. The predicted octanol–water partition coefficient (Wildman–Crippen LogP) is 3.39. The van der Waals surface area contributed by atoms with Crippen molar-refractivity contribution in [2.45, 2.75) is 31.7 Å². The molecule has 0 radical (unpaired) electrons. The van der Waals surface area contributed by atoms with Crippen LogP contribution < -0.4 is 10.1 Å². The van der Waals surface area contributed by atoms with Crippen LogP contribution in [-0.4, -0.2) is 14.2 Å². The molecule has 0 saturated heterocycles. The highest BCUT2D eigenvalue weighted by atomic mass is 16.5. The van der Waals surface area contributed by atoms with E-state index in [1.54, 1.807) is 7.11 Å². The molecule has 0 spiro atoms. The minimum atomic E-state index is 0.467. The van der Waals surface area contributed by atoms with Crippen LogP contribution in [0.25, 0.3) is 0 Å². The third kappa shape index (κ3) is 1.93. The lowest BCUT2D eigenvalue weighted by molar-refractivity contribution is 0.390. The van der Waals surface area contributed by atoms with Gasteiger partial charge in [0.1, 0.15) is 5.75 Å². The van der Waals surface area contributed by atoms with E-state index in [4.69, 9.17) is 4.74 Å². The van der Waals surface area contributed by atoms with Gasteiger partial charge in [0, 0.05) is 11.6 Å². The largest absolute Gasteiger partial charge is 0.496 e. The summed E-state index contributed by atoms with van der Waals surface area (Å²) in [6.45, 7) is 0. The molecule has 3 rings (SSSR count). The van der Waals surface area contributed by atoms with Gasteiger partial charge in [-0.15, -0.1) is 0 Å². The Kier molecular flexibility index (Phi) is 3.29. The van der Waals surface area contributed by atoms with Gasteiger partial charge in [0.25, 0.3) is 0 Å². The fourth-order valence-corrected chi connectivity index (χ4v) is 4.02. The van der Waals surface area contributed by atoms with Gasteiger partial charge in [0.2, 0.25) is 0 Å². The summed E-state index contributed by atoms with van der Waals surface area (Å²) in [6, 6.07) is 8.92. The summed E-state index contributed by atoms with van der Waals surface area (Å²) >= 11 is 0. The summed E-state index contributed by atoms with van der Waals surface area (Å²) < 4.78 is 5.52. The van der Waals surface area contributed by atoms with Gasteiger partial charge in [-0.2, -0.15) is 0 Å². The molecule has 3 unspecified atom stereocenters. The van der Waals surface area contributed by atoms with Gasteiger partial charge >= 0.3 is 0 Å². The van der Waals surface area contributed by atoms with Gasteiger partial charge < -0.3 is 10.1 Å². The van der Waals surface area contributed by atoms with E-state index >= 15 is 0 Å². The van der Waals surface area contributed by atoms with Crippen LogP contribution in [0.5, 0.6) is 5.75 Å². The lowest BCUT2D eigenvalue weighted by Crippen LogP contribution is -2.20. The Balaban J connectivity index is 1.84. The number of benzene rings is 1. The molecule has 1 aromatic rings. The van der Waals surface area contributed by atoms with Crippen LogP contribution in [0.2, 0.25) is 0 Å². The SMILES string of the molecule is CNC(c1ccccc1OC)C1C2CCCCC21. The van der Waals surface area contributed by atoms with Crippen molar-refractivity contribution < 1.29 is 4.74 Å². The third-order valence-corrected chi connectivity index (χ3v) is 4.89. The Labute approximate surface area is 110 Å². The molecule has 0 aliphatic heterocycles. The molecule has 2 heteroatoms. The zero-order valence-corrected chi connectivity index (χ0v) is 11.4. The number of rotatable bonds is 4. The van der Waals surface area contributed by atoms with Crippen molar-refractivity contribution >= 4 is 0 Å². The van der Waals surface area contributed by atoms with Crippen molar-refractivity contribution in [2.75, 3.05) is 14.2 Å². The molecular weight excluding hydrogens is 222 g/mol. The summed E-state index contributed by atoms with van der Waals surface area (Å²) in [4.78, 5) is 0. The molecule has 2 aliphatic rings. The van der Waals surface area contributed by atoms with Crippen molar-refractivity contribution in [2.24, 2.45) is 17.8 Å². The second-order valence-corrected chi connectivity index (χ2v) is 5.70. The first-order chi connectivity index (χ1) is 8.86. The van der Waals surface area contributed by atoms with Crippen molar-refractivity contribution in [3.8, 4) is 5.75 Å². The average molecular weight is 245 g/mol. The Hall–Kier alpha value is -1.02. The van der Waals surface area contributed by atoms with Crippen LogP contribution in [0.1, 0.15) is 37.3 Å². The van der Waals surface area contributed by atoms with Gasteiger partial charge in [0.05, 0.1) is 7.11 Å². The van der Waals surface area contributed by atoms with Gasteiger partial charge in [-0.25, -0.2) is 0 Å². The van der Waals surface area contributed by atoms with E-state index in [2.05, 4.69) is 36.6 Å². The number of nitrogens with one attached hydrogen (secondary N) is 1. The Bertz CT molecular complexity index is 405. The monoisotopic (exact) mass is 245 g/mol. The molecule has 2 fully saturated rings. The van der Waals surface area contributed by atoms with E-state index in [9.17, 15) is 0 Å². The zero-order valence-electron chi connectivity index (χ0n) is 11.4. The first-order valence-electron chi connectivity index (χ1n) is 7.17. The van der Waals surface area contributed by atoms with Crippen molar-refractivity contribution in [1.29, 1.82) is 0 Å². The first-order valence-corrected chi connectivity index (χ1v) is 7.17. The topological polar surface area (TPSA) is 21.3 Å². The van der Waals surface area contributed by atoms with Gasteiger partial charge in [-0.3, -0.25) is 0 Å². The lowest BCUT2D eigenvalue weighted by Gasteiger charge is -2.19. The number of ether oxygens (including phenoxy) is 1. The van der Waals surface area contributed by atoms with E-state index in [0.29, 0.717) is 6.04 Å². The van der Waals surface area contributed by atoms with Crippen LogP contribution in [-0.2, 0) is 0 Å². The molecule has 0 amide bonds. The highest BCUT2D eigenvalue weighted by Gasteiger charge is 2.54. The van der Waals surface area contributed by atoms with E-state index in [-0.39, 0.29) is 0 Å². The van der Waals surface area contributed by atoms with Crippen molar-refractivity contribution in [3.05, 3.63) is 29.8 Å². The first kappa shape index (κ1) is 12.0. The molecule has 0 heterocycles. The minimum absolute atomic E-state index is 0.467. The van der Waals surface area contributed by atoms with Crippen LogP contribution in [0.3, 0.4) is 0 Å². The number of methoxy groups -OCH3 is 1. The van der Waals surface area contributed by atoms with Gasteiger partial charge in [-0.1, -0.05) is 31.0 Å². The van der Waals surface area contributed by atoms with E-state index in [0.717, 1.165) is 23.5 Å². The second-order valence-electron chi connectivity index (χ2n) is 5.70. The normalized spacial score (nSPS) is 31.6. The maximum Gasteiger partial charge on any atom is 0.123 e. The molecule has 18 heavy (non-hydrogen) atoms. The molecule has 2 aliphatic carbocycles. The molecule has 98 valence electrons. The number of para-hydroxylation sites is 1. The fourth-order valence-electron chi connectivity index (χ4n) is 4.02. The molecule has 3 atom stereocenters. The van der Waals surface area contributed by atoms with Crippen LogP contribution >= 0.6 is 0 Å². The van der Waals surface area contributed by atoms with Crippen LogP contribution in [0.15, 0.2) is 24.3 Å². The summed E-state index contributed by atoms with van der Waals surface area (Å²) in [6.07, 6.45) is 5.73. The van der Waals surface area contributed by atoms with Gasteiger partial charge in [0.15, 0.2) is 0 Å². The lowest BCUT2D eigenvalue weighted by atomic mass is 9.99. The maximum atomic E-state index is 5.52. The Morgan fingerprint density at radius 3 is 2.44 bits per heavy atom. The molecular formula is C16H23NO. The summed E-state index contributed by atoms with van der Waals surface area (Å²) in [5.41, 5.74) is 1.34. The molecule has 2 saturated carbocycles. The predicted molar refractivity (Wildman–Crippen MR) is 73.7 cm³/mol. The van der Waals surface area contributed by atoms with E-state index in [1.165, 1.54) is 31.2 Å².